The van der Waals surface area contributed by atoms with Crippen LogP contribution in [-0.4, -0.2) is 17.4 Å². The fraction of sp³-hybridized carbons (Fsp3) is 0.692. The van der Waals surface area contributed by atoms with Crippen molar-refractivity contribution in [2.75, 3.05) is 0 Å². The Morgan fingerprint density at radius 2 is 1.95 bits per heavy atom. The van der Waals surface area contributed by atoms with Gasteiger partial charge in [-0.1, -0.05) is 0 Å². The van der Waals surface area contributed by atoms with Crippen LogP contribution < -0.4 is 0 Å². The Bertz CT molecular complexity index is 410. The van der Waals surface area contributed by atoms with Crippen LogP contribution in [0.1, 0.15) is 30.6 Å². The molecule has 0 saturated heterocycles. The number of hydrogen-bond donors (Lipinski definition) is 1. The fourth-order valence-corrected chi connectivity index (χ4v) is 4.17. The zero-order chi connectivity index (χ0) is 14.0. The summed E-state index contributed by atoms with van der Waals surface area (Å²) in [5.41, 5.74) is 0. The van der Waals surface area contributed by atoms with Gasteiger partial charge in [0.1, 0.15) is 0 Å². The zero-order valence-corrected chi connectivity index (χ0v) is 12.7. The molecular formula is C13H16BrF3OS. The summed E-state index contributed by atoms with van der Waals surface area (Å²) in [6.45, 7) is 0. The Hall–Kier alpha value is -0.0700. The van der Waals surface area contributed by atoms with Gasteiger partial charge in [-0.25, -0.2) is 0 Å². The van der Waals surface area contributed by atoms with E-state index in [4.69, 9.17) is 0 Å². The highest BCUT2D eigenvalue weighted by Gasteiger charge is 2.42. The van der Waals surface area contributed by atoms with Crippen LogP contribution in [0.2, 0.25) is 0 Å². The lowest BCUT2D eigenvalue weighted by Gasteiger charge is -2.32. The summed E-state index contributed by atoms with van der Waals surface area (Å²) in [6, 6.07) is 1.95. The molecule has 0 spiro atoms. The summed E-state index contributed by atoms with van der Waals surface area (Å²) >= 11 is 4.91. The first kappa shape index (κ1) is 15.3. The summed E-state index contributed by atoms with van der Waals surface area (Å²) in [7, 11) is 0. The number of rotatable bonds is 3. The summed E-state index contributed by atoms with van der Waals surface area (Å²) in [5.74, 6) is -1.17. The van der Waals surface area contributed by atoms with E-state index < -0.39 is 18.2 Å². The molecule has 0 aliphatic heterocycles. The molecule has 1 aromatic heterocycles. The van der Waals surface area contributed by atoms with Crippen molar-refractivity contribution in [1.82, 2.24) is 0 Å². The highest BCUT2D eigenvalue weighted by atomic mass is 79.9. The van der Waals surface area contributed by atoms with Gasteiger partial charge in [-0.15, -0.1) is 11.3 Å². The Labute approximate surface area is 123 Å². The second-order valence-corrected chi connectivity index (χ2v) is 7.07. The topological polar surface area (TPSA) is 20.2 Å². The second-order valence-electron chi connectivity index (χ2n) is 5.16. The molecule has 19 heavy (non-hydrogen) atoms. The largest absolute Gasteiger partial charge is 0.392 e. The Morgan fingerprint density at radius 3 is 2.42 bits per heavy atom. The van der Waals surface area contributed by atoms with Gasteiger partial charge in [-0.05, 0) is 53.6 Å². The summed E-state index contributed by atoms with van der Waals surface area (Å²) < 4.78 is 38.6. The molecule has 0 amide bonds. The smallest absolute Gasteiger partial charge is 0.391 e. The van der Waals surface area contributed by atoms with Crippen LogP contribution in [0.3, 0.4) is 0 Å². The molecule has 0 bridgehead atoms. The summed E-state index contributed by atoms with van der Waals surface area (Å²) in [6.07, 6.45) is -2.82. The number of thiophene rings is 1. The van der Waals surface area contributed by atoms with Crippen LogP contribution in [-0.2, 0) is 6.42 Å². The third kappa shape index (κ3) is 4.20. The fourth-order valence-electron chi connectivity index (χ4n) is 2.66. The Kier molecular flexibility index (Phi) is 4.95. The lowest BCUT2D eigenvalue weighted by atomic mass is 9.78. The third-order valence-corrected chi connectivity index (χ3v) is 5.53. The van der Waals surface area contributed by atoms with E-state index in [-0.39, 0.29) is 18.8 Å². The number of aliphatic hydroxyl groups is 1. The maximum atomic E-state index is 12.6. The van der Waals surface area contributed by atoms with Crippen molar-refractivity contribution >= 4 is 27.3 Å². The highest BCUT2D eigenvalue weighted by molar-refractivity contribution is 9.10. The Morgan fingerprint density at radius 1 is 1.32 bits per heavy atom. The summed E-state index contributed by atoms with van der Waals surface area (Å²) in [4.78, 5) is 1.07. The molecule has 108 valence electrons. The van der Waals surface area contributed by atoms with Gasteiger partial charge in [0.15, 0.2) is 0 Å². The van der Waals surface area contributed by atoms with Crippen LogP contribution in [0.4, 0.5) is 13.2 Å². The molecule has 2 rings (SSSR count). The van der Waals surface area contributed by atoms with Crippen LogP contribution in [0.25, 0.3) is 0 Å². The normalized spacial score (nSPS) is 26.4. The predicted molar refractivity (Wildman–Crippen MR) is 73.2 cm³/mol. The maximum absolute atomic E-state index is 12.6. The van der Waals surface area contributed by atoms with Crippen LogP contribution in [0.5, 0.6) is 0 Å². The number of hydrogen-bond acceptors (Lipinski definition) is 2. The predicted octanol–water partition coefficient (Wildman–Crippen LogP) is 4.78. The molecule has 1 nitrogen and oxygen atoms in total. The van der Waals surface area contributed by atoms with E-state index in [9.17, 15) is 18.3 Å². The lowest BCUT2D eigenvalue weighted by Crippen LogP contribution is -2.32. The highest BCUT2D eigenvalue weighted by Crippen LogP contribution is 2.40. The molecule has 1 unspecified atom stereocenters. The van der Waals surface area contributed by atoms with Gasteiger partial charge in [0.25, 0.3) is 0 Å². The van der Waals surface area contributed by atoms with Gasteiger partial charge >= 0.3 is 6.18 Å². The van der Waals surface area contributed by atoms with Crippen molar-refractivity contribution in [1.29, 1.82) is 0 Å². The molecule has 1 N–H and O–H groups in total. The molecule has 6 heteroatoms. The molecule has 1 aliphatic rings. The second kappa shape index (κ2) is 6.14. The van der Waals surface area contributed by atoms with Crippen LogP contribution in [0, 0.1) is 11.8 Å². The van der Waals surface area contributed by atoms with Crippen molar-refractivity contribution in [3.05, 3.63) is 20.8 Å². The molecule has 0 aromatic carbocycles. The summed E-state index contributed by atoms with van der Waals surface area (Å²) in [5, 5.41) is 12.1. The average Bonchev–Trinajstić information content (AvgIpc) is 2.74. The molecular weight excluding hydrogens is 341 g/mol. The van der Waals surface area contributed by atoms with Gasteiger partial charge < -0.3 is 5.11 Å². The van der Waals surface area contributed by atoms with Gasteiger partial charge in [0.2, 0.25) is 0 Å². The van der Waals surface area contributed by atoms with E-state index in [1.165, 1.54) is 0 Å². The first-order chi connectivity index (χ1) is 8.86. The molecule has 1 heterocycles. The monoisotopic (exact) mass is 356 g/mol. The SMILES string of the molecule is OC(Cc1cc(Br)cs1)C1CCC(C(F)(F)F)CC1. The molecule has 1 atom stereocenters. The van der Waals surface area contributed by atoms with Crippen molar-refractivity contribution in [3.8, 4) is 0 Å². The van der Waals surface area contributed by atoms with Crippen LogP contribution in [0.15, 0.2) is 15.9 Å². The van der Waals surface area contributed by atoms with Gasteiger partial charge in [0.05, 0.1) is 12.0 Å². The van der Waals surface area contributed by atoms with Gasteiger partial charge in [0, 0.05) is 21.2 Å². The number of halogens is 4. The van der Waals surface area contributed by atoms with E-state index in [0.29, 0.717) is 19.3 Å². The van der Waals surface area contributed by atoms with E-state index in [2.05, 4.69) is 15.9 Å². The van der Waals surface area contributed by atoms with Crippen molar-refractivity contribution in [2.24, 2.45) is 11.8 Å². The molecule has 1 fully saturated rings. The molecule has 1 saturated carbocycles. The number of aliphatic hydroxyl groups excluding tert-OH is 1. The zero-order valence-electron chi connectivity index (χ0n) is 10.3. The lowest BCUT2D eigenvalue weighted by molar-refractivity contribution is -0.185. The van der Waals surface area contributed by atoms with Gasteiger partial charge in [-0.3, -0.25) is 0 Å². The minimum absolute atomic E-state index is 0.000486. The molecule has 1 aliphatic carbocycles. The Balaban J connectivity index is 1.84. The maximum Gasteiger partial charge on any atom is 0.391 e. The van der Waals surface area contributed by atoms with E-state index in [1.54, 1.807) is 11.3 Å². The molecule has 1 aromatic rings. The quantitative estimate of drug-likeness (QED) is 0.825. The standard InChI is InChI=1S/C13H16BrF3OS/c14-10-5-11(19-7-10)6-12(18)8-1-3-9(4-2-8)13(15,16)17/h5,7-9,12,18H,1-4,6H2. The van der Waals surface area contributed by atoms with Crippen molar-refractivity contribution in [3.63, 3.8) is 0 Å². The van der Waals surface area contributed by atoms with E-state index >= 15 is 0 Å². The van der Waals surface area contributed by atoms with Crippen LogP contribution >= 0.6 is 27.3 Å². The van der Waals surface area contributed by atoms with Crippen molar-refractivity contribution in [2.45, 2.75) is 44.4 Å². The average molecular weight is 357 g/mol. The first-order valence-electron chi connectivity index (χ1n) is 6.34. The minimum Gasteiger partial charge on any atom is -0.392 e. The van der Waals surface area contributed by atoms with E-state index in [0.717, 1.165) is 9.35 Å². The van der Waals surface area contributed by atoms with Crippen molar-refractivity contribution < 1.29 is 18.3 Å². The van der Waals surface area contributed by atoms with E-state index in [1.807, 2.05) is 11.4 Å². The van der Waals surface area contributed by atoms with Gasteiger partial charge in [-0.2, -0.15) is 13.2 Å². The first-order valence-corrected chi connectivity index (χ1v) is 8.01. The number of alkyl halides is 3. The third-order valence-electron chi connectivity index (χ3n) is 3.81. The minimum atomic E-state index is -4.07. The molecule has 0 radical (unpaired) electrons.